The molecule has 0 aliphatic heterocycles. The van der Waals surface area contributed by atoms with Crippen molar-refractivity contribution in [1.29, 1.82) is 0 Å². The van der Waals surface area contributed by atoms with E-state index in [4.69, 9.17) is 16.7 Å². The standard InChI is InChI=1S/C23H18ClN9O3/c1-13-6-14(17-8-15(24)2-5-20(17)33-12-27-30-31-33)7-22(34)32(13)11-21-26-10-19(29-21)18-4-3-16(9-25-18)28-23(35)36/h2-10,12,28H,11H2,1H3,(H,26,29)(H,35,36). The van der Waals surface area contributed by atoms with Crippen LogP contribution in [0, 0.1) is 6.92 Å². The summed E-state index contributed by atoms with van der Waals surface area (Å²) in [6.07, 6.45) is 3.33. The van der Waals surface area contributed by atoms with Crippen LogP contribution >= 0.6 is 11.6 Å². The number of carbonyl (C=O) groups is 1. The van der Waals surface area contributed by atoms with Gasteiger partial charge in [-0.1, -0.05) is 11.6 Å². The summed E-state index contributed by atoms with van der Waals surface area (Å²) in [7, 11) is 0. The molecule has 0 spiro atoms. The van der Waals surface area contributed by atoms with Crippen molar-refractivity contribution in [2.45, 2.75) is 13.5 Å². The first-order valence-electron chi connectivity index (χ1n) is 10.6. The van der Waals surface area contributed by atoms with E-state index in [0.717, 1.165) is 5.69 Å². The van der Waals surface area contributed by atoms with Gasteiger partial charge >= 0.3 is 6.09 Å². The summed E-state index contributed by atoms with van der Waals surface area (Å²) in [4.78, 5) is 35.6. The number of anilines is 1. The summed E-state index contributed by atoms with van der Waals surface area (Å²) in [5, 5.41) is 22.9. The lowest BCUT2D eigenvalue weighted by Crippen LogP contribution is -2.23. The first-order chi connectivity index (χ1) is 17.4. The summed E-state index contributed by atoms with van der Waals surface area (Å²) in [5.74, 6) is 0.564. The largest absolute Gasteiger partial charge is 0.465 e. The highest BCUT2D eigenvalue weighted by Gasteiger charge is 2.14. The number of aromatic amines is 1. The van der Waals surface area contributed by atoms with Crippen LogP contribution in [-0.2, 0) is 6.54 Å². The van der Waals surface area contributed by atoms with Gasteiger partial charge in [-0.25, -0.2) is 9.78 Å². The number of tetrazole rings is 1. The van der Waals surface area contributed by atoms with E-state index in [0.29, 0.717) is 44.7 Å². The molecule has 0 radical (unpaired) electrons. The lowest BCUT2D eigenvalue weighted by molar-refractivity contribution is 0.209. The number of nitrogens with zero attached hydrogens (tertiary/aromatic N) is 7. The van der Waals surface area contributed by atoms with E-state index in [1.165, 1.54) is 23.3 Å². The number of H-pyrrole nitrogens is 1. The lowest BCUT2D eigenvalue weighted by Gasteiger charge is -2.13. The number of imidazole rings is 1. The molecule has 0 atom stereocenters. The van der Waals surface area contributed by atoms with Gasteiger partial charge in [-0.05, 0) is 59.3 Å². The van der Waals surface area contributed by atoms with Crippen molar-refractivity contribution < 1.29 is 9.90 Å². The van der Waals surface area contributed by atoms with Gasteiger partial charge in [-0.15, -0.1) is 5.10 Å². The molecule has 36 heavy (non-hydrogen) atoms. The second-order valence-electron chi connectivity index (χ2n) is 7.83. The van der Waals surface area contributed by atoms with Crippen molar-refractivity contribution in [3.63, 3.8) is 0 Å². The van der Waals surface area contributed by atoms with E-state index < -0.39 is 6.09 Å². The topological polar surface area (TPSA) is 156 Å². The van der Waals surface area contributed by atoms with Crippen LogP contribution in [0.15, 0.2) is 66.0 Å². The molecule has 5 aromatic rings. The molecule has 180 valence electrons. The van der Waals surface area contributed by atoms with Gasteiger partial charge < -0.3 is 14.7 Å². The number of amides is 1. The Labute approximate surface area is 208 Å². The van der Waals surface area contributed by atoms with E-state index in [9.17, 15) is 9.59 Å². The zero-order chi connectivity index (χ0) is 25.2. The zero-order valence-corrected chi connectivity index (χ0v) is 19.5. The number of hydrogen-bond acceptors (Lipinski definition) is 7. The van der Waals surface area contributed by atoms with E-state index >= 15 is 0 Å². The quantitative estimate of drug-likeness (QED) is 0.318. The minimum absolute atomic E-state index is 0.215. The highest BCUT2D eigenvalue weighted by Crippen LogP contribution is 2.29. The van der Waals surface area contributed by atoms with Crippen molar-refractivity contribution in [2.75, 3.05) is 5.32 Å². The first kappa shape index (κ1) is 22.9. The molecule has 1 aromatic carbocycles. The van der Waals surface area contributed by atoms with Crippen LogP contribution in [0.25, 0.3) is 28.2 Å². The number of carboxylic acid groups (broad SMARTS) is 1. The minimum atomic E-state index is -1.16. The second-order valence-corrected chi connectivity index (χ2v) is 8.27. The molecule has 0 bridgehead atoms. The molecule has 12 nitrogen and oxygen atoms in total. The van der Waals surface area contributed by atoms with Gasteiger partial charge in [-0.2, -0.15) is 4.68 Å². The van der Waals surface area contributed by atoms with E-state index in [1.54, 1.807) is 41.1 Å². The monoisotopic (exact) mass is 503 g/mol. The molecule has 0 saturated heterocycles. The third-order valence-corrected chi connectivity index (χ3v) is 5.66. The Kier molecular flexibility index (Phi) is 6.00. The van der Waals surface area contributed by atoms with Crippen molar-refractivity contribution in [1.82, 2.24) is 39.7 Å². The summed E-state index contributed by atoms with van der Waals surface area (Å²) in [6, 6.07) is 12.0. The lowest BCUT2D eigenvalue weighted by atomic mass is 10.0. The number of nitrogens with one attached hydrogen (secondary N) is 2. The Hall–Kier alpha value is -4.84. The van der Waals surface area contributed by atoms with E-state index in [1.807, 2.05) is 13.0 Å². The Balaban J connectivity index is 1.42. The molecule has 0 saturated carbocycles. The molecule has 3 N–H and O–H groups in total. The Bertz CT molecular complexity index is 1610. The molecule has 0 aliphatic rings. The maximum Gasteiger partial charge on any atom is 0.409 e. The van der Waals surface area contributed by atoms with Gasteiger partial charge in [0.1, 0.15) is 12.2 Å². The molecule has 4 heterocycles. The van der Waals surface area contributed by atoms with Gasteiger partial charge in [0.15, 0.2) is 0 Å². The maximum absolute atomic E-state index is 13.1. The Morgan fingerprint density at radius 3 is 2.69 bits per heavy atom. The summed E-state index contributed by atoms with van der Waals surface area (Å²) in [6.45, 7) is 2.06. The number of rotatable bonds is 6. The third-order valence-electron chi connectivity index (χ3n) is 5.43. The average molecular weight is 504 g/mol. The van der Waals surface area contributed by atoms with Crippen molar-refractivity contribution in [3.8, 4) is 28.2 Å². The van der Waals surface area contributed by atoms with Crippen LogP contribution in [-0.4, -0.2) is 50.9 Å². The molecule has 0 aliphatic carbocycles. The number of pyridine rings is 2. The number of aryl methyl sites for hydroxylation is 1. The maximum atomic E-state index is 13.1. The fraction of sp³-hybridized carbons (Fsp3) is 0.0870. The molecule has 4 aromatic heterocycles. The van der Waals surface area contributed by atoms with Gasteiger partial charge in [0.05, 0.1) is 41.7 Å². The van der Waals surface area contributed by atoms with E-state index in [-0.39, 0.29) is 12.1 Å². The Morgan fingerprint density at radius 1 is 1.14 bits per heavy atom. The normalized spacial score (nSPS) is 10.9. The smallest absolute Gasteiger partial charge is 0.409 e. The average Bonchev–Trinajstić information content (AvgIpc) is 3.54. The SMILES string of the molecule is Cc1cc(-c2cc(Cl)ccc2-n2cnnn2)cc(=O)n1Cc1ncc(-c2ccc(NC(=O)O)cn2)[nH]1. The first-order valence-corrected chi connectivity index (χ1v) is 11.0. The predicted molar refractivity (Wildman–Crippen MR) is 131 cm³/mol. The molecule has 13 heteroatoms. The number of benzene rings is 1. The molecular formula is C23H18ClN9O3. The van der Waals surface area contributed by atoms with Crippen LogP contribution in [0.5, 0.6) is 0 Å². The highest BCUT2D eigenvalue weighted by atomic mass is 35.5. The number of halogens is 1. The molecule has 5 rings (SSSR count). The molecular weight excluding hydrogens is 486 g/mol. The summed E-state index contributed by atoms with van der Waals surface area (Å²) in [5.41, 5.74) is 4.17. The third kappa shape index (κ3) is 4.70. The molecule has 0 unspecified atom stereocenters. The number of hydrogen-bond donors (Lipinski definition) is 3. The van der Waals surface area contributed by atoms with Gasteiger partial charge in [-0.3, -0.25) is 15.1 Å². The van der Waals surface area contributed by atoms with Crippen LogP contribution < -0.4 is 10.9 Å². The van der Waals surface area contributed by atoms with Crippen LogP contribution in [0.1, 0.15) is 11.5 Å². The zero-order valence-electron chi connectivity index (χ0n) is 18.8. The van der Waals surface area contributed by atoms with E-state index in [2.05, 4.69) is 35.8 Å². The Morgan fingerprint density at radius 2 is 2.00 bits per heavy atom. The number of aromatic nitrogens is 8. The van der Waals surface area contributed by atoms with Crippen LogP contribution in [0.3, 0.4) is 0 Å². The summed E-state index contributed by atoms with van der Waals surface area (Å²) < 4.78 is 3.11. The van der Waals surface area contributed by atoms with Crippen LogP contribution in [0.2, 0.25) is 5.02 Å². The van der Waals surface area contributed by atoms with Crippen molar-refractivity contribution in [3.05, 3.63) is 88.1 Å². The van der Waals surface area contributed by atoms with Crippen LogP contribution in [0.4, 0.5) is 10.5 Å². The van der Waals surface area contributed by atoms with Crippen molar-refractivity contribution >= 4 is 23.4 Å². The minimum Gasteiger partial charge on any atom is -0.465 e. The predicted octanol–water partition coefficient (Wildman–Crippen LogP) is 3.38. The van der Waals surface area contributed by atoms with Crippen molar-refractivity contribution in [2.24, 2.45) is 0 Å². The van der Waals surface area contributed by atoms with Gasteiger partial charge in [0.2, 0.25) is 0 Å². The molecule has 1 amide bonds. The highest BCUT2D eigenvalue weighted by molar-refractivity contribution is 6.31. The second kappa shape index (κ2) is 9.43. The molecule has 0 fully saturated rings. The van der Waals surface area contributed by atoms with Gasteiger partial charge in [0.25, 0.3) is 5.56 Å². The summed E-state index contributed by atoms with van der Waals surface area (Å²) >= 11 is 6.24. The fourth-order valence-corrected chi connectivity index (χ4v) is 3.94. The van der Waals surface area contributed by atoms with Gasteiger partial charge in [0, 0.05) is 22.3 Å². The fourth-order valence-electron chi connectivity index (χ4n) is 3.77.